The maximum atomic E-state index is 13.2. The molecule has 0 aliphatic carbocycles. The molecule has 2 heterocycles. The Labute approximate surface area is 147 Å². The van der Waals surface area contributed by atoms with Crippen LogP contribution in [-0.4, -0.2) is 10.3 Å². The molecular formula is C18H12ClFN2OS. The first-order chi connectivity index (χ1) is 11.6. The minimum atomic E-state index is -0.302. The molecule has 120 valence electrons. The van der Waals surface area contributed by atoms with Gasteiger partial charge in [0.1, 0.15) is 11.5 Å². The predicted molar refractivity (Wildman–Crippen MR) is 94.0 cm³/mol. The van der Waals surface area contributed by atoms with Gasteiger partial charge in [-0.2, -0.15) is 4.37 Å². The van der Waals surface area contributed by atoms with Crippen LogP contribution in [-0.2, 0) is 4.79 Å². The third kappa shape index (κ3) is 2.70. The molecule has 1 amide bonds. The van der Waals surface area contributed by atoms with Gasteiger partial charge in [0, 0.05) is 22.9 Å². The lowest BCUT2D eigenvalue weighted by molar-refractivity contribution is -0.116. The number of amides is 1. The monoisotopic (exact) mass is 358 g/mol. The summed E-state index contributed by atoms with van der Waals surface area (Å²) in [6, 6.07) is 13.7. The smallest absolute Gasteiger partial charge is 0.225 e. The molecule has 0 unspecified atom stereocenters. The third-order valence-corrected chi connectivity index (χ3v) is 5.25. The van der Waals surface area contributed by atoms with E-state index in [4.69, 9.17) is 11.6 Å². The molecule has 3 aromatic rings. The third-order valence-electron chi connectivity index (χ3n) is 4.06. The van der Waals surface area contributed by atoms with Crippen LogP contribution in [0, 0.1) is 5.82 Å². The van der Waals surface area contributed by atoms with Gasteiger partial charge < -0.3 is 5.32 Å². The van der Waals surface area contributed by atoms with Crippen molar-refractivity contribution < 1.29 is 9.18 Å². The Morgan fingerprint density at radius 2 is 2.00 bits per heavy atom. The van der Waals surface area contributed by atoms with E-state index in [2.05, 4.69) is 9.69 Å². The summed E-state index contributed by atoms with van der Waals surface area (Å²) in [4.78, 5) is 13.2. The summed E-state index contributed by atoms with van der Waals surface area (Å²) in [6.45, 7) is 0. The molecule has 0 bridgehead atoms. The van der Waals surface area contributed by atoms with Crippen molar-refractivity contribution in [3.8, 4) is 11.3 Å². The molecule has 0 radical (unpaired) electrons. The minimum Gasteiger partial charge on any atom is -0.323 e. The van der Waals surface area contributed by atoms with Crippen LogP contribution in [0.3, 0.4) is 0 Å². The summed E-state index contributed by atoms with van der Waals surface area (Å²) in [6.07, 6.45) is 0.360. The number of benzene rings is 2. The summed E-state index contributed by atoms with van der Waals surface area (Å²) in [5.74, 6) is -0.432. The molecule has 1 atom stereocenters. The molecule has 4 rings (SSSR count). The molecule has 0 saturated heterocycles. The molecule has 0 fully saturated rings. The Hall–Kier alpha value is -2.24. The summed E-state index contributed by atoms with van der Waals surface area (Å²) in [5, 5.41) is 3.56. The zero-order valence-electron chi connectivity index (χ0n) is 12.4. The van der Waals surface area contributed by atoms with Gasteiger partial charge in [-0.15, -0.1) is 0 Å². The van der Waals surface area contributed by atoms with Gasteiger partial charge in [-0.1, -0.05) is 23.7 Å². The fourth-order valence-electron chi connectivity index (χ4n) is 2.93. The summed E-state index contributed by atoms with van der Waals surface area (Å²) in [5.41, 5.74) is 3.16. The van der Waals surface area contributed by atoms with Crippen molar-refractivity contribution >= 4 is 34.7 Å². The van der Waals surface area contributed by atoms with Crippen LogP contribution >= 0.6 is 23.1 Å². The van der Waals surface area contributed by atoms with Gasteiger partial charge in [0.15, 0.2) is 0 Å². The summed E-state index contributed by atoms with van der Waals surface area (Å²) < 4.78 is 17.7. The van der Waals surface area contributed by atoms with Crippen molar-refractivity contribution in [1.29, 1.82) is 0 Å². The maximum Gasteiger partial charge on any atom is 0.225 e. The molecule has 3 nitrogen and oxygen atoms in total. The standard InChI is InChI=1S/C18H12ClFN2OS/c19-12-3-1-2-11(8-12)14-9-15(23)21-17-16(22-24-18(14)17)10-4-6-13(20)7-5-10/h1-8,14H,9H2,(H,21,23)/t14-/m0/s1. The Morgan fingerprint density at radius 1 is 1.21 bits per heavy atom. The molecule has 1 N–H and O–H groups in total. The number of nitrogens with one attached hydrogen (secondary N) is 1. The fraction of sp³-hybridized carbons (Fsp3) is 0.111. The Bertz CT molecular complexity index is 923. The second kappa shape index (κ2) is 6.00. The van der Waals surface area contributed by atoms with Gasteiger partial charge in [0.05, 0.1) is 10.6 Å². The number of carbonyl (C=O) groups is 1. The lowest BCUT2D eigenvalue weighted by atomic mass is 9.89. The Kier molecular flexibility index (Phi) is 3.82. The molecule has 24 heavy (non-hydrogen) atoms. The average molecular weight is 359 g/mol. The van der Waals surface area contributed by atoms with Crippen molar-refractivity contribution in [2.24, 2.45) is 0 Å². The lowest BCUT2D eigenvalue weighted by Crippen LogP contribution is -2.22. The minimum absolute atomic E-state index is 0.0592. The van der Waals surface area contributed by atoms with Gasteiger partial charge in [-0.05, 0) is 53.5 Å². The van der Waals surface area contributed by atoms with Gasteiger partial charge >= 0.3 is 0 Å². The van der Waals surface area contributed by atoms with Crippen LogP contribution in [0.4, 0.5) is 10.1 Å². The first-order valence-electron chi connectivity index (χ1n) is 7.42. The number of fused-ring (bicyclic) bond motifs is 1. The molecule has 6 heteroatoms. The largest absolute Gasteiger partial charge is 0.323 e. The highest BCUT2D eigenvalue weighted by Gasteiger charge is 2.31. The van der Waals surface area contributed by atoms with Crippen molar-refractivity contribution in [2.75, 3.05) is 5.32 Å². The average Bonchev–Trinajstić information content (AvgIpc) is 2.98. The van der Waals surface area contributed by atoms with E-state index < -0.39 is 0 Å². The van der Waals surface area contributed by atoms with E-state index in [-0.39, 0.29) is 17.6 Å². The Balaban J connectivity index is 1.81. The topological polar surface area (TPSA) is 42.0 Å². The van der Waals surface area contributed by atoms with Gasteiger partial charge in [-0.3, -0.25) is 4.79 Å². The highest BCUT2D eigenvalue weighted by molar-refractivity contribution is 7.07. The quantitative estimate of drug-likeness (QED) is 0.694. The highest BCUT2D eigenvalue weighted by Crippen LogP contribution is 2.44. The van der Waals surface area contributed by atoms with Crippen LogP contribution < -0.4 is 5.32 Å². The van der Waals surface area contributed by atoms with Gasteiger partial charge in [-0.25, -0.2) is 4.39 Å². The van der Waals surface area contributed by atoms with E-state index >= 15 is 0 Å². The first-order valence-corrected chi connectivity index (χ1v) is 8.58. The first kappa shape index (κ1) is 15.3. The van der Waals surface area contributed by atoms with E-state index in [9.17, 15) is 9.18 Å². The molecule has 1 aliphatic heterocycles. The van der Waals surface area contributed by atoms with Crippen LogP contribution in [0.1, 0.15) is 22.8 Å². The van der Waals surface area contributed by atoms with Crippen LogP contribution in [0.25, 0.3) is 11.3 Å². The number of anilines is 1. The number of hydrogen-bond donors (Lipinski definition) is 1. The van der Waals surface area contributed by atoms with Crippen molar-refractivity contribution in [3.05, 3.63) is 69.8 Å². The number of nitrogens with zero attached hydrogens (tertiary/aromatic N) is 1. The lowest BCUT2D eigenvalue weighted by Gasteiger charge is -2.23. The predicted octanol–water partition coefficient (Wildman–Crippen LogP) is 5.08. The number of halogens is 2. The molecule has 1 aromatic heterocycles. The van der Waals surface area contributed by atoms with Gasteiger partial charge in [0.25, 0.3) is 0 Å². The van der Waals surface area contributed by atoms with E-state index in [0.717, 1.165) is 16.0 Å². The molecular weight excluding hydrogens is 347 g/mol. The Morgan fingerprint density at radius 3 is 2.75 bits per heavy atom. The van der Waals surface area contributed by atoms with E-state index in [0.29, 0.717) is 22.8 Å². The molecule has 0 saturated carbocycles. The second-order valence-corrected chi connectivity index (χ2v) is 6.88. The number of hydrogen-bond acceptors (Lipinski definition) is 3. The summed E-state index contributed by atoms with van der Waals surface area (Å²) in [7, 11) is 0. The van der Waals surface area contributed by atoms with Crippen LogP contribution in [0.5, 0.6) is 0 Å². The second-order valence-electron chi connectivity index (χ2n) is 5.64. The zero-order valence-corrected chi connectivity index (χ0v) is 14.0. The number of rotatable bonds is 2. The van der Waals surface area contributed by atoms with E-state index in [1.54, 1.807) is 12.1 Å². The SMILES string of the molecule is O=C1C[C@@H](c2cccc(Cl)c2)c2snc(-c3ccc(F)cc3)c2N1. The van der Waals surface area contributed by atoms with E-state index in [1.165, 1.54) is 23.7 Å². The maximum absolute atomic E-state index is 13.2. The molecule has 0 spiro atoms. The van der Waals surface area contributed by atoms with Crippen molar-refractivity contribution in [2.45, 2.75) is 12.3 Å². The van der Waals surface area contributed by atoms with Crippen molar-refractivity contribution in [1.82, 2.24) is 4.37 Å². The molecule has 1 aliphatic rings. The van der Waals surface area contributed by atoms with Crippen LogP contribution in [0.15, 0.2) is 48.5 Å². The normalized spacial score (nSPS) is 16.6. The van der Waals surface area contributed by atoms with Crippen LogP contribution in [0.2, 0.25) is 5.02 Å². The highest BCUT2D eigenvalue weighted by atomic mass is 35.5. The van der Waals surface area contributed by atoms with Gasteiger partial charge in [0.2, 0.25) is 5.91 Å². The van der Waals surface area contributed by atoms with Crippen molar-refractivity contribution in [3.63, 3.8) is 0 Å². The molecule has 2 aromatic carbocycles. The van der Waals surface area contributed by atoms with E-state index in [1.807, 2.05) is 24.3 Å². The fourth-order valence-corrected chi connectivity index (χ4v) is 4.10. The zero-order chi connectivity index (χ0) is 16.7. The summed E-state index contributed by atoms with van der Waals surface area (Å²) >= 11 is 7.46. The number of carbonyl (C=O) groups excluding carboxylic acids is 1. The number of aromatic nitrogens is 1.